The summed E-state index contributed by atoms with van der Waals surface area (Å²) in [7, 11) is 2.18. The Kier molecular flexibility index (Phi) is 7.28. The summed E-state index contributed by atoms with van der Waals surface area (Å²) in [5.41, 5.74) is 0.625. The third kappa shape index (κ3) is 4.95. The minimum Gasteiger partial charge on any atom is -0.400 e. The van der Waals surface area contributed by atoms with E-state index in [0.29, 0.717) is 5.54 Å². The van der Waals surface area contributed by atoms with Gasteiger partial charge in [0, 0.05) is 14.2 Å². The van der Waals surface area contributed by atoms with Crippen molar-refractivity contribution in [1.82, 2.24) is 4.90 Å². The van der Waals surface area contributed by atoms with Crippen molar-refractivity contribution >= 4 is 9.28 Å². The molecule has 0 bridgehead atoms. The van der Waals surface area contributed by atoms with E-state index >= 15 is 0 Å². The van der Waals surface area contributed by atoms with E-state index in [1.54, 1.807) is 14.2 Å². The lowest BCUT2D eigenvalue weighted by molar-refractivity contribution is 0.220. The van der Waals surface area contributed by atoms with Crippen molar-refractivity contribution < 1.29 is 8.85 Å². The van der Waals surface area contributed by atoms with Gasteiger partial charge >= 0.3 is 9.28 Å². The first-order valence-electron chi connectivity index (χ1n) is 6.56. The minimum absolute atomic E-state index is 0.625. The van der Waals surface area contributed by atoms with Crippen LogP contribution in [0.1, 0.15) is 39.0 Å². The smallest absolute Gasteiger partial charge is 0.323 e. The highest BCUT2D eigenvalue weighted by atomic mass is 28.3. The van der Waals surface area contributed by atoms with E-state index in [-0.39, 0.29) is 0 Å². The molecule has 1 fully saturated rings. The first-order valence-corrected chi connectivity index (χ1v) is 8.16. The van der Waals surface area contributed by atoms with Gasteiger partial charge in [-0.2, -0.15) is 0 Å². The van der Waals surface area contributed by atoms with Crippen LogP contribution >= 0.6 is 0 Å². The zero-order chi connectivity index (χ0) is 11.8. The molecule has 1 saturated heterocycles. The Hall–Kier alpha value is 0.0969. The van der Waals surface area contributed by atoms with E-state index in [2.05, 4.69) is 11.8 Å². The molecule has 1 unspecified atom stereocenters. The molecule has 0 amide bonds. The summed E-state index contributed by atoms with van der Waals surface area (Å²) in [6.45, 7) is 6.15. The van der Waals surface area contributed by atoms with Crippen molar-refractivity contribution in [2.24, 2.45) is 0 Å². The number of likely N-dealkylation sites (tertiary alicyclic amines) is 1. The molecule has 0 aliphatic carbocycles. The predicted octanol–water partition coefficient (Wildman–Crippen LogP) is 2.16. The van der Waals surface area contributed by atoms with E-state index in [9.17, 15) is 0 Å². The second kappa shape index (κ2) is 8.23. The Morgan fingerprint density at radius 1 is 1.12 bits per heavy atom. The van der Waals surface area contributed by atoms with Crippen molar-refractivity contribution in [3.8, 4) is 0 Å². The lowest BCUT2D eigenvalue weighted by Gasteiger charge is -2.27. The molecule has 16 heavy (non-hydrogen) atoms. The van der Waals surface area contributed by atoms with Gasteiger partial charge < -0.3 is 13.8 Å². The third-order valence-electron chi connectivity index (χ3n) is 3.51. The fourth-order valence-electron chi connectivity index (χ4n) is 2.52. The predicted molar refractivity (Wildman–Crippen MR) is 70.1 cm³/mol. The zero-order valence-electron chi connectivity index (χ0n) is 11.1. The second-order valence-corrected chi connectivity index (χ2v) is 7.68. The van der Waals surface area contributed by atoms with Crippen LogP contribution in [-0.4, -0.2) is 48.0 Å². The largest absolute Gasteiger partial charge is 0.400 e. The SMILES string of the molecule is CO[SiH](OC)C(C)CCCN1CCCCC1. The van der Waals surface area contributed by atoms with Crippen LogP contribution in [0.3, 0.4) is 0 Å². The quantitative estimate of drug-likeness (QED) is 0.642. The fraction of sp³-hybridized carbons (Fsp3) is 1.00. The van der Waals surface area contributed by atoms with Gasteiger partial charge in [0.1, 0.15) is 0 Å². The fourth-order valence-corrected chi connectivity index (χ4v) is 4.15. The van der Waals surface area contributed by atoms with Gasteiger partial charge in [0.05, 0.1) is 0 Å². The van der Waals surface area contributed by atoms with E-state index in [4.69, 9.17) is 8.85 Å². The van der Waals surface area contributed by atoms with Crippen LogP contribution in [0.25, 0.3) is 0 Å². The average Bonchev–Trinajstić information content (AvgIpc) is 2.32. The summed E-state index contributed by atoms with van der Waals surface area (Å²) >= 11 is 0. The number of piperidine rings is 1. The average molecular weight is 245 g/mol. The molecule has 1 atom stereocenters. The van der Waals surface area contributed by atoms with Gasteiger partial charge in [-0.15, -0.1) is 0 Å². The Morgan fingerprint density at radius 3 is 2.31 bits per heavy atom. The molecule has 1 rings (SSSR count). The number of nitrogens with zero attached hydrogens (tertiary/aromatic N) is 1. The van der Waals surface area contributed by atoms with Gasteiger partial charge in [0.15, 0.2) is 0 Å². The van der Waals surface area contributed by atoms with Gasteiger partial charge in [-0.3, -0.25) is 0 Å². The van der Waals surface area contributed by atoms with Crippen molar-refractivity contribution in [3.05, 3.63) is 0 Å². The van der Waals surface area contributed by atoms with E-state index < -0.39 is 9.28 Å². The van der Waals surface area contributed by atoms with Crippen molar-refractivity contribution in [1.29, 1.82) is 0 Å². The van der Waals surface area contributed by atoms with Gasteiger partial charge in [-0.25, -0.2) is 0 Å². The minimum atomic E-state index is -1.38. The molecule has 1 aliphatic heterocycles. The van der Waals surface area contributed by atoms with Crippen LogP contribution in [0, 0.1) is 0 Å². The summed E-state index contributed by atoms with van der Waals surface area (Å²) < 4.78 is 10.8. The van der Waals surface area contributed by atoms with Crippen LogP contribution in [-0.2, 0) is 8.85 Å². The van der Waals surface area contributed by atoms with Crippen LogP contribution in [0.15, 0.2) is 0 Å². The van der Waals surface area contributed by atoms with Gasteiger partial charge in [0.25, 0.3) is 0 Å². The maximum Gasteiger partial charge on any atom is 0.323 e. The zero-order valence-corrected chi connectivity index (χ0v) is 12.2. The summed E-state index contributed by atoms with van der Waals surface area (Å²) in [5, 5.41) is 0. The van der Waals surface area contributed by atoms with Crippen molar-refractivity contribution in [3.63, 3.8) is 0 Å². The first kappa shape index (κ1) is 14.2. The Balaban J connectivity index is 2.09. The lowest BCUT2D eigenvalue weighted by Crippen LogP contribution is -2.31. The maximum atomic E-state index is 5.41. The van der Waals surface area contributed by atoms with Crippen molar-refractivity contribution in [2.75, 3.05) is 33.9 Å². The molecule has 96 valence electrons. The van der Waals surface area contributed by atoms with Crippen LogP contribution < -0.4 is 0 Å². The molecule has 3 nitrogen and oxygen atoms in total. The Bertz CT molecular complexity index is 170. The molecule has 0 spiro atoms. The molecule has 0 radical (unpaired) electrons. The van der Waals surface area contributed by atoms with Crippen LogP contribution in [0.5, 0.6) is 0 Å². The van der Waals surface area contributed by atoms with E-state index in [1.165, 1.54) is 51.7 Å². The lowest BCUT2D eigenvalue weighted by atomic mass is 10.1. The van der Waals surface area contributed by atoms with Gasteiger partial charge in [-0.05, 0) is 50.9 Å². The standard InChI is InChI=1S/C12H27NO2Si/c1-12(16(14-2)15-3)8-7-11-13-9-5-4-6-10-13/h12,16H,4-11H2,1-3H3. The van der Waals surface area contributed by atoms with Gasteiger partial charge in [0.2, 0.25) is 0 Å². The molecule has 0 N–H and O–H groups in total. The number of hydrogen-bond acceptors (Lipinski definition) is 3. The van der Waals surface area contributed by atoms with E-state index in [1.807, 2.05) is 0 Å². The van der Waals surface area contributed by atoms with Gasteiger partial charge in [-0.1, -0.05) is 13.3 Å². The second-order valence-electron chi connectivity index (χ2n) is 4.86. The normalized spacial score (nSPS) is 20.2. The Morgan fingerprint density at radius 2 is 1.75 bits per heavy atom. The van der Waals surface area contributed by atoms with Crippen molar-refractivity contribution in [2.45, 2.75) is 44.6 Å². The molecule has 1 aliphatic rings. The summed E-state index contributed by atoms with van der Waals surface area (Å²) in [5.74, 6) is 0. The summed E-state index contributed by atoms with van der Waals surface area (Å²) in [6, 6.07) is 0. The first-order chi connectivity index (χ1) is 7.77. The molecule has 4 heteroatoms. The third-order valence-corrected chi connectivity index (χ3v) is 5.70. The molecule has 0 saturated carbocycles. The van der Waals surface area contributed by atoms with E-state index in [0.717, 1.165) is 0 Å². The molecule has 0 aromatic heterocycles. The molecular weight excluding hydrogens is 218 g/mol. The number of rotatable bonds is 7. The Labute approximate surface area is 102 Å². The highest BCUT2D eigenvalue weighted by molar-refractivity contribution is 6.46. The molecule has 1 heterocycles. The van der Waals surface area contributed by atoms with Crippen LogP contribution in [0.2, 0.25) is 5.54 Å². The van der Waals surface area contributed by atoms with Crippen LogP contribution in [0.4, 0.5) is 0 Å². The summed E-state index contributed by atoms with van der Waals surface area (Å²) in [4.78, 5) is 2.60. The topological polar surface area (TPSA) is 21.7 Å². The highest BCUT2D eigenvalue weighted by Gasteiger charge is 2.19. The summed E-state index contributed by atoms with van der Waals surface area (Å²) in [6.07, 6.45) is 6.74. The maximum absolute atomic E-state index is 5.41. The molecular formula is C12H27NO2Si. The monoisotopic (exact) mass is 245 g/mol. The molecule has 0 aromatic rings. The highest BCUT2D eigenvalue weighted by Crippen LogP contribution is 2.18. The number of hydrogen-bond donors (Lipinski definition) is 0. The molecule has 0 aromatic carbocycles.